The lowest BCUT2D eigenvalue weighted by Gasteiger charge is -2.29. The summed E-state index contributed by atoms with van der Waals surface area (Å²) in [6, 6.07) is 16.1. The van der Waals surface area contributed by atoms with Gasteiger partial charge in [-0.05, 0) is 44.5 Å². The van der Waals surface area contributed by atoms with Crippen molar-refractivity contribution in [2.75, 3.05) is 19.8 Å². The van der Waals surface area contributed by atoms with Gasteiger partial charge in [-0.25, -0.2) is 9.07 Å². The highest BCUT2D eigenvalue weighted by Crippen LogP contribution is 2.33. The fraction of sp³-hybridized carbons (Fsp3) is 0.370. The molecule has 0 aliphatic rings. The number of nitrogens with zero attached hydrogens (tertiary/aromatic N) is 3. The Kier molecular flexibility index (Phi) is 9.39. The molecule has 0 amide bonds. The van der Waals surface area contributed by atoms with Crippen LogP contribution in [-0.4, -0.2) is 51.7 Å². The number of aliphatic hydroxyl groups is 1. The smallest absolute Gasteiger partial charge is 0.227 e. The molecule has 1 atom stereocenters. The molecule has 0 unspecified atom stereocenters. The van der Waals surface area contributed by atoms with E-state index in [2.05, 4.69) is 25.3 Å². The van der Waals surface area contributed by atoms with Crippen LogP contribution in [0.4, 0.5) is 4.39 Å². The zero-order valence-corrected chi connectivity index (χ0v) is 20.2. The highest BCUT2D eigenvalue weighted by Gasteiger charge is 2.25. The average Bonchev–Trinajstić information content (AvgIpc) is 3.17. The molecule has 1 heterocycles. The molecule has 0 aliphatic carbocycles. The number of rotatable bonds is 13. The van der Waals surface area contributed by atoms with E-state index in [1.807, 2.05) is 37.3 Å². The minimum atomic E-state index is -0.660. The Morgan fingerprint density at radius 3 is 2.50 bits per heavy atom. The molecule has 0 spiro atoms. The highest BCUT2D eigenvalue weighted by atomic mass is 19.1. The monoisotopic (exact) mass is 467 g/mol. The predicted molar refractivity (Wildman–Crippen MR) is 132 cm³/mol. The first-order chi connectivity index (χ1) is 16.4. The van der Waals surface area contributed by atoms with Crippen molar-refractivity contribution < 1.29 is 19.0 Å². The molecule has 0 aliphatic heterocycles. The molecule has 1 aromatic heterocycles. The van der Waals surface area contributed by atoms with E-state index in [-0.39, 0.29) is 18.4 Å². The molecule has 182 valence electrons. The van der Waals surface area contributed by atoms with Gasteiger partial charge in [-0.3, -0.25) is 4.90 Å². The number of benzene rings is 2. The second kappa shape index (κ2) is 12.5. The van der Waals surface area contributed by atoms with Crippen LogP contribution in [0.3, 0.4) is 0 Å². The Balaban J connectivity index is 1.99. The molecule has 0 saturated carbocycles. The standard InChI is InChI=1S/C27H34FN3O3/c1-5-16-33-19-22(32)17-30(20(3)4)18-23-25(6-2)29-31(21-12-8-7-9-13-21)27(23)34-26-15-11-10-14-24(26)28/h5,7-15,20,22,32H,1,6,16-19H2,2-4H3/t22-/m0/s1. The maximum atomic E-state index is 14.5. The van der Waals surface area contributed by atoms with E-state index >= 15 is 0 Å². The molecular formula is C27H34FN3O3. The Morgan fingerprint density at radius 1 is 1.15 bits per heavy atom. The maximum Gasteiger partial charge on any atom is 0.227 e. The van der Waals surface area contributed by atoms with Crippen molar-refractivity contribution in [3.05, 3.63) is 84.3 Å². The second-order valence-electron chi connectivity index (χ2n) is 8.37. The van der Waals surface area contributed by atoms with E-state index in [0.717, 1.165) is 16.9 Å². The highest BCUT2D eigenvalue weighted by molar-refractivity contribution is 5.44. The second-order valence-corrected chi connectivity index (χ2v) is 8.37. The molecule has 3 rings (SSSR count). The molecule has 7 heteroatoms. The van der Waals surface area contributed by atoms with Gasteiger partial charge in [0.15, 0.2) is 11.6 Å². The number of hydrogen-bond donors (Lipinski definition) is 1. The van der Waals surface area contributed by atoms with E-state index in [0.29, 0.717) is 32.0 Å². The van der Waals surface area contributed by atoms with Gasteiger partial charge in [0.1, 0.15) is 0 Å². The quantitative estimate of drug-likeness (QED) is 0.279. The molecule has 0 radical (unpaired) electrons. The summed E-state index contributed by atoms with van der Waals surface area (Å²) in [7, 11) is 0. The van der Waals surface area contributed by atoms with Gasteiger partial charge >= 0.3 is 0 Å². The van der Waals surface area contributed by atoms with Crippen LogP contribution in [0.15, 0.2) is 67.3 Å². The number of aliphatic hydroxyl groups excluding tert-OH is 1. The average molecular weight is 468 g/mol. The van der Waals surface area contributed by atoms with Crippen molar-refractivity contribution in [3.8, 4) is 17.3 Å². The van der Waals surface area contributed by atoms with E-state index in [1.165, 1.54) is 6.07 Å². The van der Waals surface area contributed by atoms with Gasteiger partial charge in [0.25, 0.3) is 0 Å². The Morgan fingerprint density at radius 2 is 1.85 bits per heavy atom. The van der Waals surface area contributed by atoms with Crippen LogP contribution in [0.5, 0.6) is 11.6 Å². The third kappa shape index (κ3) is 6.53. The lowest BCUT2D eigenvalue weighted by molar-refractivity contribution is 0.0176. The number of hydrogen-bond acceptors (Lipinski definition) is 5. The fourth-order valence-electron chi connectivity index (χ4n) is 3.67. The first kappa shape index (κ1) is 25.6. The normalized spacial score (nSPS) is 12.3. The maximum absolute atomic E-state index is 14.5. The molecule has 1 N–H and O–H groups in total. The first-order valence-electron chi connectivity index (χ1n) is 11.6. The molecule has 0 bridgehead atoms. The van der Waals surface area contributed by atoms with E-state index in [1.54, 1.807) is 29.0 Å². The minimum Gasteiger partial charge on any atom is -0.435 e. The molecule has 2 aromatic carbocycles. The van der Waals surface area contributed by atoms with E-state index < -0.39 is 11.9 Å². The zero-order chi connectivity index (χ0) is 24.5. The van der Waals surface area contributed by atoms with Gasteiger partial charge in [0, 0.05) is 19.1 Å². The minimum absolute atomic E-state index is 0.137. The van der Waals surface area contributed by atoms with Crippen molar-refractivity contribution >= 4 is 0 Å². The third-order valence-electron chi connectivity index (χ3n) is 5.48. The third-order valence-corrected chi connectivity index (χ3v) is 5.48. The summed E-state index contributed by atoms with van der Waals surface area (Å²) >= 11 is 0. The Labute approximate surface area is 201 Å². The molecular weight excluding hydrogens is 433 g/mol. The topological polar surface area (TPSA) is 59.8 Å². The van der Waals surface area contributed by atoms with Crippen molar-refractivity contribution in [1.82, 2.24) is 14.7 Å². The first-order valence-corrected chi connectivity index (χ1v) is 11.6. The fourth-order valence-corrected chi connectivity index (χ4v) is 3.67. The van der Waals surface area contributed by atoms with Crippen LogP contribution in [0.1, 0.15) is 32.0 Å². The predicted octanol–water partition coefficient (Wildman–Crippen LogP) is 5.14. The summed E-state index contributed by atoms with van der Waals surface area (Å²) < 4.78 is 27.8. The lowest BCUT2D eigenvalue weighted by atomic mass is 10.1. The summed E-state index contributed by atoms with van der Waals surface area (Å²) in [5.74, 6) is 0.163. The summed E-state index contributed by atoms with van der Waals surface area (Å²) in [5, 5.41) is 15.3. The lowest BCUT2D eigenvalue weighted by Crippen LogP contribution is -2.39. The molecule has 0 fully saturated rings. The van der Waals surface area contributed by atoms with Crippen molar-refractivity contribution in [1.29, 1.82) is 0 Å². The van der Waals surface area contributed by atoms with Gasteiger partial charge in [-0.15, -0.1) is 6.58 Å². The van der Waals surface area contributed by atoms with Gasteiger partial charge in [-0.2, -0.15) is 5.10 Å². The van der Waals surface area contributed by atoms with Crippen LogP contribution in [0.25, 0.3) is 5.69 Å². The largest absolute Gasteiger partial charge is 0.435 e. The number of para-hydroxylation sites is 2. The summed E-state index contributed by atoms with van der Waals surface area (Å²) in [5.41, 5.74) is 2.55. The molecule has 34 heavy (non-hydrogen) atoms. The van der Waals surface area contributed by atoms with Crippen LogP contribution < -0.4 is 4.74 Å². The molecule has 0 saturated heterocycles. The Bertz CT molecular complexity index is 1050. The van der Waals surface area contributed by atoms with E-state index in [9.17, 15) is 9.50 Å². The van der Waals surface area contributed by atoms with Gasteiger partial charge < -0.3 is 14.6 Å². The van der Waals surface area contributed by atoms with Crippen LogP contribution in [0, 0.1) is 5.82 Å². The summed E-state index contributed by atoms with van der Waals surface area (Å²) in [6.07, 6.45) is 1.68. The van der Waals surface area contributed by atoms with Gasteiger partial charge in [-0.1, -0.05) is 43.3 Å². The van der Waals surface area contributed by atoms with Crippen molar-refractivity contribution in [2.45, 2.75) is 45.9 Å². The summed E-state index contributed by atoms with van der Waals surface area (Å²) in [6.45, 7) is 11.3. The van der Waals surface area contributed by atoms with E-state index in [4.69, 9.17) is 14.6 Å². The number of halogens is 1. The Hall–Kier alpha value is -3.00. The zero-order valence-electron chi connectivity index (χ0n) is 20.2. The van der Waals surface area contributed by atoms with Crippen LogP contribution in [0.2, 0.25) is 0 Å². The van der Waals surface area contributed by atoms with Crippen LogP contribution in [-0.2, 0) is 17.7 Å². The number of aromatic nitrogens is 2. The van der Waals surface area contributed by atoms with Gasteiger partial charge in [0.2, 0.25) is 5.88 Å². The SMILES string of the molecule is C=CCOC[C@@H](O)CN(Cc1c(CC)nn(-c2ccccc2)c1Oc1ccccc1F)C(C)C. The molecule has 3 aromatic rings. The summed E-state index contributed by atoms with van der Waals surface area (Å²) in [4.78, 5) is 2.14. The van der Waals surface area contributed by atoms with Crippen molar-refractivity contribution in [2.24, 2.45) is 0 Å². The number of aryl methyl sites for hydroxylation is 1. The number of ether oxygens (including phenoxy) is 2. The van der Waals surface area contributed by atoms with Crippen molar-refractivity contribution in [3.63, 3.8) is 0 Å². The van der Waals surface area contributed by atoms with Gasteiger partial charge in [0.05, 0.1) is 36.3 Å². The van der Waals surface area contributed by atoms with Crippen LogP contribution >= 0.6 is 0 Å². The molecule has 6 nitrogen and oxygen atoms in total.